The third kappa shape index (κ3) is 5.35. The van der Waals surface area contributed by atoms with Gasteiger partial charge >= 0.3 is 5.97 Å². The summed E-state index contributed by atoms with van der Waals surface area (Å²) in [5.74, 6) is -1.44. The van der Waals surface area contributed by atoms with E-state index in [2.05, 4.69) is 5.32 Å². The number of amides is 1. The maximum Gasteiger partial charge on any atom is 0.304 e. The molecule has 2 aromatic rings. The molecule has 0 radical (unpaired) electrons. The van der Waals surface area contributed by atoms with Crippen molar-refractivity contribution in [3.05, 3.63) is 60.2 Å². The van der Waals surface area contributed by atoms with E-state index in [0.717, 1.165) is 11.3 Å². The summed E-state index contributed by atoms with van der Waals surface area (Å²) in [7, 11) is 0. The first-order chi connectivity index (χ1) is 12.0. The van der Waals surface area contributed by atoms with Crippen molar-refractivity contribution in [2.75, 3.05) is 11.9 Å². The van der Waals surface area contributed by atoms with Crippen LogP contribution in [-0.4, -0.2) is 23.6 Å². The number of carboxylic acids is 1. The molecule has 2 rings (SSSR count). The molecule has 1 amide bonds. The molecular formula is C20H23NO4. The fourth-order valence-electron chi connectivity index (χ4n) is 2.71. The first-order valence-corrected chi connectivity index (χ1v) is 8.31. The molecule has 0 aliphatic heterocycles. The minimum absolute atomic E-state index is 0.208. The van der Waals surface area contributed by atoms with Crippen molar-refractivity contribution in [2.24, 2.45) is 5.92 Å². The summed E-state index contributed by atoms with van der Waals surface area (Å²) in [6, 6.07) is 16.5. The molecule has 0 heterocycles. The van der Waals surface area contributed by atoms with Crippen LogP contribution in [0.5, 0.6) is 5.75 Å². The number of hydrogen-bond donors (Lipinski definition) is 2. The Kier molecular flexibility index (Phi) is 6.57. The van der Waals surface area contributed by atoms with Gasteiger partial charge in [0.1, 0.15) is 5.75 Å². The molecule has 0 aliphatic rings. The largest absolute Gasteiger partial charge is 0.494 e. The van der Waals surface area contributed by atoms with Crippen LogP contribution in [0.1, 0.15) is 31.7 Å². The first-order valence-electron chi connectivity index (χ1n) is 8.31. The molecule has 5 nitrogen and oxygen atoms in total. The lowest BCUT2D eigenvalue weighted by atomic mass is 9.84. The quantitative estimate of drug-likeness (QED) is 0.763. The second-order valence-electron chi connectivity index (χ2n) is 5.85. The molecular weight excluding hydrogens is 318 g/mol. The van der Waals surface area contributed by atoms with Crippen LogP contribution in [0, 0.1) is 5.92 Å². The Balaban J connectivity index is 2.13. The van der Waals surface area contributed by atoms with Crippen LogP contribution in [-0.2, 0) is 9.59 Å². The highest BCUT2D eigenvalue weighted by molar-refractivity contribution is 5.95. The van der Waals surface area contributed by atoms with E-state index in [0.29, 0.717) is 12.3 Å². The molecule has 0 bridgehead atoms. The van der Waals surface area contributed by atoms with Crippen molar-refractivity contribution in [3.63, 3.8) is 0 Å². The monoisotopic (exact) mass is 341 g/mol. The van der Waals surface area contributed by atoms with Gasteiger partial charge < -0.3 is 15.2 Å². The van der Waals surface area contributed by atoms with Gasteiger partial charge in [-0.05, 0) is 42.7 Å². The normalized spacial score (nSPS) is 12.9. The number of carbonyl (C=O) groups is 2. The van der Waals surface area contributed by atoms with Gasteiger partial charge in [-0.3, -0.25) is 9.59 Å². The van der Waals surface area contributed by atoms with Crippen molar-refractivity contribution in [3.8, 4) is 5.75 Å². The average Bonchev–Trinajstić information content (AvgIpc) is 2.61. The van der Waals surface area contributed by atoms with E-state index in [1.54, 1.807) is 24.3 Å². The topological polar surface area (TPSA) is 75.6 Å². The second kappa shape index (κ2) is 8.87. The number of rotatable bonds is 8. The fourth-order valence-corrected chi connectivity index (χ4v) is 2.71. The molecule has 2 atom stereocenters. The van der Waals surface area contributed by atoms with Gasteiger partial charge in [0.25, 0.3) is 0 Å². The molecule has 25 heavy (non-hydrogen) atoms. The molecule has 0 spiro atoms. The van der Waals surface area contributed by atoms with Gasteiger partial charge in [0, 0.05) is 5.69 Å². The maximum absolute atomic E-state index is 12.7. The highest BCUT2D eigenvalue weighted by Crippen LogP contribution is 2.28. The number of anilines is 1. The minimum atomic E-state index is -0.991. The van der Waals surface area contributed by atoms with Crippen molar-refractivity contribution in [1.82, 2.24) is 0 Å². The lowest BCUT2D eigenvalue weighted by Gasteiger charge is -2.22. The molecule has 0 aromatic heterocycles. The Morgan fingerprint density at radius 3 is 2.28 bits per heavy atom. The lowest BCUT2D eigenvalue weighted by Crippen LogP contribution is -2.29. The predicted octanol–water partition coefficient (Wildman–Crippen LogP) is 3.92. The Hall–Kier alpha value is -2.82. The molecule has 2 N–H and O–H groups in total. The Bertz CT molecular complexity index is 697. The van der Waals surface area contributed by atoms with Gasteiger partial charge in [0.05, 0.1) is 18.9 Å². The summed E-state index contributed by atoms with van der Waals surface area (Å²) in [4.78, 5) is 23.9. The van der Waals surface area contributed by atoms with Crippen LogP contribution in [0.4, 0.5) is 5.69 Å². The minimum Gasteiger partial charge on any atom is -0.494 e. The van der Waals surface area contributed by atoms with Crippen LogP contribution in [0.25, 0.3) is 0 Å². The maximum atomic E-state index is 12.7. The van der Waals surface area contributed by atoms with E-state index in [1.807, 2.05) is 44.2 Å². The number of ether oxygens (including phenoxy) is 1. The summed E-state index contributed by atoms with van der Waals surface area (Å²) >= 11 is 0. The van der Waals surface area contributed by atoms with Crippen LogP contribution in [0.15, 0.2) is 54.6 Å². The van der Waals surface area contributed by atoms with E-state index < -0.39 is 11.9 Å². The highest BCUT2D eigenvalue weighted by Gasteiger charge is 2.28. The summed E-state index contributed by atoms with van der Waals surface area (Å²) in [5.41, 5.74) is 1.56. The van der Waals surface area contributed by atoms with E-state index in [1.165, 1.54) is 0 Å². The van der Waals surface area contributed by atoms with E-state index in [-0.39, 0.29) is 18.2 Å². The number of carbonyl (C=O) groups excluding carboxylic acids is 1. The van der Waals surface area contributed by atoms with Crippen LogP contribution in [0.3, 0.4) is 0 Å². The zero-order valence-corrected chi connectivity index (χ0v) is 14.4. The van der Waals surface area contributed by atoms with Crippen molar-refractivity contribution < 1.29 is 19.4 Å². The van der Waals surface area contributed by atoms with Gasteiger partial charge in [-0.2, -0.15) is 0 Å². The third-order valence-corrected chi connectivity index (χ3v) is 4.09. The van der Waals surface area contributed by atoms with Gasteiger partial charge in [-0.25, -0.2) is 0 Å². The number of hydrogen-bond acceptors (Lipinski definition) is 3. The lowest BCUT2D eigenvalue weighted by molar-refractivity contribution is -0.140. The Labute approximate surface area is 147 Å². The molecule has 0 aliphatic carbocycles. The molecule has 0 unspecified atom stereocenters. The Morgan fingerprint density at radius 2 is 1.72 bits per heavy atom. The molecule has 0 saturated carbocycles. The zero-order valence-electron chi connectivity index (χ0n) is 14.4. The van der Waals surface area contributed by atoms with Crippen LogP contribution in [0.2, 0.25) is 0 Å². The van der Waals surface area contributed by atoms with Crippen molar-refractivity contribution in [1.29, 1.82) is 0 Å². The van der Waals surface area contributed by atoms with E-state index >= 15 is 0 Å². The molecule has 132 valence electrons. The summed E-state index contributed by atoms with van der Waals surface area (Å²) < 4.78 is 5.37. The van der Waals surface area contributed by atoms with Gasteiger partial charge in [0.15, 0.2) is 0 Å². The van der Waals surface area contributed by atoms with Gasteiger partial charge in [-0.1, -0.05) is 37.3 Å². The van der Waals surface area contributed by atoms with Gasteiger partial charge in [-0.15, -0.1) is 0 Å². The number of benzene rings is 2. The number of nitrogens with one attached hydrogen (secondary N) is 1. The van der Waals surface area contributed by atoms with Gasteiger partial charge in [0.2, 0.25) is 5.91 Å². The van der Waals surface area contributed by atoms with E-state index in [9.17, 15) is 14.7 Å². The summed E-state index contributed by atoms with van der Waals surface area (Å²) in [5, 5.41) is 12.0. The predicted molar refractivity (Wildman–Crippen MR) is 96.8 cm³/mol. The Morgan fingerprint density at radius 1 is 1.08 bits per heavy atom. The van der Waals surface area contributed by atoms with Crippen molar-refractivity contribution in [2.45, 2.75) is 26.2 Å². The highest BCUT2D eigenvalue weighted by atomic mass is 16.5. The molecule has 5 heteroatoms. The standard InChI is InChI=1S/C20H23NO4/c1-3-25-17-11-9-16(10-12-17)21-20(24)18(13-19(22)23)14(2)15-7-5-4-6-8-15/h4-12,14,18H,3,13H2,1-2H3,(H,21,24)(H,22,23)/t14-,18+/m1/s1. The average molecular weight is 341 g/mol. The fraction of sp³-hybridized carbons (Fsp3) is 0.300. The van der Waals surface area contributed by atoms with E-state index in [4.69, 9.17) is 4.74 Å². The van der Waals surface area contributed by atoms with Crippen LogP contribution >= 0.6 is 0 Å². The SMILES string of the molecule is CCOc1ccc(NC(=O)[C@@H](CC(=O)O)[C@H](C)c2ccccc2)cc1. The second-order valence-corrected chi connectivity index (χ2v) is 5.85. The molecule has 0 fully saturated rings. The molecule has 0 saturated heterocycles. The van der Waals surface area contributed by atoms with Crippen molar-refractivity contribution >= 4 is 17.6 Å². The third-order valence-electron chi connectivity index (χ3n) is 4.09. The van der Waals surface area contributed by atoms with Crippen LogP contribution < -0.4 is 10.1 Å². The smallest absolute Gasteiger partial charge is 0.304 e. The number of aliphatic carboxylic acids is 1. The number of carboxylic acid groups (broad SMARTS) is 1. The first kappa shape index (κ1) is 18.5. The summed E-state index contributed by atoms with van der Waals surface area (Å²) in [6.07, 6.45) is -0.223. The summed E-state index contributed by atoms with van der Waals surface area (Å²) in [6.45, 7) is 4.35. The molecule has 2 aromatic carbocycles. The zero-order chi connectivity index (χ0) is 18.2.